The average Bonchev–Trinajstić information content (AvgIpc) is 3.36. The standard InChI is InChI=1S/C27H23N5O3/c1-27(2,3)24-20(29-15-30-24)13-22-26(35)31-21(25(34)32-22)12-17-5-4-6-19(11-17)23(33)18-9-7-16(14-28)8-10-18/h4-13,15H,1-3H3,(H,29,30)(H,31,35)(H,32,34)/b21-12-,22-13-/i13D. The molecule has 8 heteroatoms. The van der Waals surface area contributed by atoms with Gasteiger partial charge in [-0.2, -0.15) is 5.26 Å². The first kappa shape index (κ1) is 22.0. The van der Waals surface area contributed by atoms with Crippen LogP contribution in [-0.4, -0.2) is 25.7 Å². The number of aromatic amines is 3. The Morgan fingerprint density at radius 1 is 1.03 bits per heavy atom. The summed E-state index contributed by atoms with van der Waals surface area (Å²) in [7, 11) is 0. The molecule has 174 valence electrons. The number of benzene rings is 2. The van der Waals surface area contributed by atoms with E-state index in [2.05, 4.69) is 19.9 Å². The third kappa shape index (κ3) is 5.09. The molecule has 35 heavy (non-hydrogen) atoms. The maximum absolute atomic E-state index is 12.8. The highest BCUT2D eigenvalue weighted by Gasteiger charge is 2.19. The van der Waals surface area contributed by atoms with Crippen LogP contribution in [0.5, 0.6) is 0 Å². The number of nitrogens with zero attached hydrogens (tertiary/aromatic N) is 2. The van der Waals surface area contributed by atoms with E-state index >= 15 is 0 Å². The summed E-state index contributed by atoms with van der Waals surface area (Å²) in [6, 6.07) is 14.8. The van der Waals surface area contributed by atoms with E-state index < -0.39 is 11.1 Å². The Bertz CT molecular complexity index is 1750. The Labute approximate surface area is 201 Å². The van der Waals surface area contributed by atoms with Crippen LogP contribution in [0.2, 0.25) is 0 Å². The van der Waals surface area contributed by atoms with Crippen LogP contribution >= 0.6 is 0 Å². The zero-order valence-corrected chi connectivity index (χ0v) is 19.4. The highest BCUT2D eigenvalue weighted by atomic mass is 16.1. The largest absolute Gasteiger partial charge is 0.345 e. The molecule has 0 aliphatic heterocycles. The van der Waals surface area contributed by atoms with Gasteiger partial charge in [-0.3, -0.25) is 14.4 Å². The molecule has 0 radical (unpaired) electrons. The second-order valence-corrected chi connectivity index (χ2v) is 8.99. The van der Waals surface area contributed by atoms with Crippen molar-refractivity contribution >= 4 is 17.9 Å². The highest BCUT2D eigenvalue weighted by Crippen LogP contribution is 2.22. The number of hydrogen-bond acceptors (Lipinski definition) is 5. The number of aromatic nitrogens is 4. The molecule has 4 aromatic rings. The van der Waals surface area contributed by atoms with E-state index in [0.717, 1.165) is 0 Å². The second kappa shape index (κ2) is 9.23. The van der Waals surface area contributed by atoms with Gasteiger partial charge in [0.25, 0.3) is 11.1 Å². The van der Waals surface area contributed by atoms with Crippen molar-refractivity contribution < 1.29 is 6.17 Å². The topological polar surface area (TPSA) is 135 Å². The molecule has 0 aliphatic rings. The summed E-state index contributed by atoms with van der Waals surface area (Å²) in [6.45, 7) is 5.81. The fourth-order valence-electron chi connectivity index (χ4n) is 3.55. The summed E-state index contributed by atoms with van der Waals surface area (Å²) in [5.41, 5.74) is 1.16. The first-order valence-corrected chi connectivity index (χ1v) is 10.8. The summed E-state index contributed by atoms with van der Waals surface area (Å²) >= 11 is 0. The Hall–Kier alpha value is -4.77. The van der Waals surface area contributed by atoms with Crippen LogP contribution in [-0.2, 0) is 5.41 Å². The quantitative estimate of drug-likeness (QED) is 0.395. The molecule has 0 saturated heterocycles. The van der Waals surface area contributed by atoms with Crippen molar-refractivity contribution in [2.75, 3.05) is 0 Å². The molecular formula is C27H23N5O3. The number of rotatable bonds is 4. The monoisotopic (exact) mass is 466 g/mol. The van der Waals surface area contributed by atoms with Crippen LogP contribution in [0.3, 0.4) is 0 Å². The summed E-state index contributed by atoms with van der Waals surface area (Å²) < 4.78 is 8.49. The Balaban J connectivity index is 1.75. The van der Waals surface area contributed by atoms with Crippen molar-refractivity contribution in [1.29, 1.82) is 5.26 Å². The van der Waals surface area contributed by atoms with Crippen molar-refractivity contribution in [2.45, 2.75) is 26.2 Å². The minimum atomic E-state index is -0.634. The summed E-state index contributed by atoms with van der Waals surface area (Å²) in [5.74, 6) is -0.241. The number of ketones is 1. The zero-order valence-electron chi connectivity index (χ0n) is 20.4. The lowest BCUT2D eigenvalue weighted by Crippen LogP contribution is -2.46. The zero-order chi connectivity index (χ0) is 26.0. The van der Waals surface area contributed by atoms with Gasteiger partial charge in [-0.05, 0) is 48.0 Å². The van der Waals surface area contributed by atoms with Gasteiger partial charge < -0.3 is 15.0 Å². The molecule has 4 rings (SSSR count). The van der Waals surface area contributed by atoms with Gasteiger partial charge in [0.1, 0.15) is 10.7 Å². The first-order chi connectivity index (χ1) is 17.1. The van der Waals surface area contributed by atoms with Gasteiger partial charge in [-0.1, -0.05) is 39.0 Å². The van der Waals surface area contributed by atoms with Crippen LogP contribution in [0.4, 0.5) is 0 Å². The summed E-state index contributed by atoms with van der Waals surface area (Å²) in [6.07, 6.45) is 2.91. The van der Waals surface area contributed by atoms with Crippen LogP contribution in [0.1, 0.15) is 60.6 Å². The molecule has 2 heterocycles. The molecule has 0 aliphatic carbocycles. The summed E-state index contributed by atoms with van der Waals surface area (Å²) in [5, 5.41) is 8.74. The van der Waals surface area contributed by atoms with Crippen LogP contribution in [0, 0.1) is 11.3 Å². The van der Waals surface area contributed by atoms with Crippen molar-refractivity contribution in [2.24, 2.45) is 0 Å². The van der Waals surface area contributed by atoms with Gasteiger partial charge in [0.2, 0.25) is 0 Å². The van der Waals surface area contributed by atoms with Gasteiger partial charge in [-0.15, -0.1) is 0 Å². The normalized spacial score (nSPS) is 13.2. The van der Waals surface area contributed by atoms with Crippen molar-refractivity contribution in [1.82, 2.24) is 19.9 Å². The Morgan fingerprint density at radius 2 is 1.71 bits per heavy atom. The van der Waals surface area contributed by atoms with E-state index in [1.165, 1.54) is 12.4 Å². The minimum Gasteiger partial charge on any atom is -0.345 e. The van der Waals surface area contributed by atoms with Gasteiger partial charge in [0.15, 0.2) is 5.78 Å². The van der Waals surface area contributed by atoms with E-state index in [9.17, 15) is 14.4 Å². The van der Waals surface area contributed by atoms with E-state index in [-0.39, 0.29) is 27.9 Å². The van der Waals surface area contributed by atoms with Crippen molar-refractivity contribution in [3.8, 4) is 6.07 Å². The second-order valence-electron chi connectivity index (χ2n) is 8.99. The van der Waals surface area contributed by atoms with Gasteiger partial charge >= 0.3 is 0 Å². The number of carbonyl (C=O) groups is 1. The molecule has 2 aromatic carbocycles. The van der Waals surface area contributed by atoms with E-state index in [1.54, 1.807) is 48.5 Å². The number of hydrogen-bond donors (Lipinski definition) is 3. The molecule has 0 spiro atoms. The lowest BCUT2D eigenvalue weighted by atomic mass is 9.90. The fraction of sp³-hybridized carbons (Fsp3) is 0.148. The fourth-order valence-corrected chi connectivity index (χ4v) is 3.55. The van der Waals surface area contributed by atoms with E-state index in [0.29, 0.717) is 33.6 Å². The molecule has 0 saturated carbocycles. The maximum atomic E-state index is 12.8. The highest BCUT2D eigenvalue weighted by molar-refractivity contribution is 6.09. The average molecular weight is 467 g/mol. The third-order valence-corrected chi connectivity index (χ3v) is 5.29. The predicted molar refractivity (Wildman–Crippen MR) is 132 cm³/mol. The van der Waals surface area contributed by atoms with Crippen LogP contribution in [0.15, 0.2) is 64.4 Å². The first-order valence-electron chi connectivity index (χ1n) is 11.3. The number of nitrogens with one attached hydrogen (secondary N) is 3. The number of imidazole rings is 1. The minimum absolute atomic E-state index is 0.0137. The molecule has 0 bridgehead atoms. The van der Waals surface area contributed by atoms with Crippen molar-refractivity contribution in [3.63, 3.8) is 0 Å². The van der Waals surface area contributed by atoms with Crippen LogP contribution < -0.4 is 21.8 Å². The van der Waals surface area contributed by atoms with E-state index in [1.807, 2.05) is 26.8 Å². The van der Waals surface area contributed by atoms with E-state index in [4.69, 9.17) is 6.63 Å². The molecular weight excluding hydrogens is 442 g/mol. The van der Waals surface area contributed by atoms with Gasteiger partial charge in [-0.25, -0.2) is 4.98 Å². The molecule has 3 N–H and O–H groups in total. The lowest BCUT2D eigenvalue weighted by Gasteiger charge is -2.16. The Kier molecular flexibility index (Phi) is 5.81. The Morgan fingerprint density at radius 3 is 2.40 bits per heavy atom. The van der Waals surface area contributed by atoms with Crippen molar-refractivity contribution in [3.05, 3.63) is 120 Å². The van der Waals surface area contributed by atoms with Crippen LogP contribution in [0.25, 0.3) is 12.1 Å². The van der Waals surface area contributed by atoms with Gasteiger partial charge in [0.05, 0.1) is 30.7 Å². The number of carbonyl (C=O) groups excluding carboxylic acids is 1. The summed E-state index contributed by atoms with van der Waals surface area (Å²) in [4.78, 5) is 50.6. The molecule has 0 amide bonds. The SMILES string of the molecule is [2H]/C(c1[nH]cnc1C(C)(C)C)=c1/[nH]c(=O)/c(=C/c2cccc(C(=O)c3ccc(C#N)cc3)c2)[nH]c1=O. The van der Waals surface area contributed by atoms with Gasteiger partial charge in [0, 0.05) is 16.5 Å². The lowest BCUT2D eigenvalue weighted by molar-refractivity contribution is 0.103. The molecule has 8 nitrogen and oxygen atoms in total. The smallest absolute Gasteiger partial charge is 0.272 e. The molecule has 0 fully saturated rings. The molecule has 0 atom stereocenters. The maximum Gasteiger partial charge on any atom is 0.272 e. The molecule has 2 aromatic heterocycles. The third-order valence-electron chi connectivity index (χ3n) is 5.29. The molecule has 0 unspecified atom stereocenters. The number of nitriles is 1. The number of H-pyrrole nitrogens is 3. The predicted octanol–water partition coefficient (Wildman–Crippen LogP) is 1.84.